The molecule has 5 fully saturated rings. The van der Waals surface area contributed by atoms with E-state index in [4.69, 9.17) is 4.74 Å². The molecule has 0 spiro atoms. The molecule has 11 heteroatoms. The van der Waals surface area contributed by atoms with E-state index >= 15 is 0 Å². The van der Waals surface area contributed by atoms with E-state index in [2.05, 4.69) is 38.7 Å². The first kappa shape index (κ1) is 23.7. The first-order valence-corrected chi connectivity index (χ1v) is 12.4. The van der Waals surface area contributed by atoms with Crippen molar-refractivity contribution in [2.45, 2.75) is 88.0 Å². The Morgan fingerprint density at radius 2 is 1.94 bits per heavy atom. The molecule has 5 aliphatic rings. The zero-order chi connectivity index (χ0) is 23.2. The smallest absolute Gasteiger partial charge is 0.380 e. The van der Waals surface area contributed by atoms with Crippen molar-refractivity contribution in [2.24, 2.45) is 17.3 Å². The highest BCUT2D eigenvalue weighted by atomic mass is 19.4. The zero-order valence-electron chi connectivity index (χ0n) is 19.2. The van der Waals surface area contributed by atoms with E-state index in [1.807, 2.05) is 0 Å². The van der Waals surface area contributed by atoms with Crippen molar-refractivity contribution in [2.75, 3.05) is 26.9 Å². The number of hydrazine groups is 1. The van der Waals surface area contributed by atoms with Crippen LogP contribution >= 0.6 is 0 Å². The zero-order valence-corrected chi connectivity index (χ0v) is 19.2. The molecule has 2 saturated carbocycles. The maximum Gasteiger partial charge on any atom is 0.417 e. The summed E-state index contributed by atoms with van der Waals surface area (Å²) in [4.78, 5) is 15.3. The van der Waals surface area contributed by atoms with Crippen LogP contribution in [0.1, 0.15) is 51.4 Å². The average molecular weight is 475 g/mol. The Labute approximate surface area is 193 Å². The highest BCUT2D eigenvalue weighted by molar-refractivity contribution is 5.82. The standard InChI is InChI=1S/C22H37F3N6O2/c1-31-12-26-30-18(31)9-21(10-33-11-21)14-3-2-4-15(7-14)27-19(32)17-8-16(13-5-6-13)28-20(29-17)22(23,24)25/h13-18,20,26,28-30H,2-12H2,1H3,(H,27,32). The van der Waals surface area contributed by atoms with E-state index in [9.17, 15) is 18.0 Å². The van der Waals surface area contributed by atoms with Gasteiger partial charge in [0.1, 0.15) is 0 Å². The largest absolute Gasteiger partial charge is 0.417 e. The Balaban J connectivity index is 1.19. The van der Waals surface area contributed by atoms with Gasteiger partial charge in [-0.1, -0.05) is 6.42 Å². The van der Waals surface area contributed by atoms with Crippen LogP contribution in [0, 0.1) is 17.3 Å². The van der Waals surface area contributed by atoms with E-state index in [1.165, 1.54) is 0 Å². The van der Waals surface area contributed by atoms with E-state index < -0.39 is 18.4 Å². The van der Waals surface area contributed by atoms with Gasteiger partial charge in [-0.25, -0.2) is 10.9 Å². The molecule has 5 rings (SSSR count). The normalized spacial score (nSPS) is 39.8. The Bertz CT molecular complexity index is 717. The molecule has 0 aromatic heterocycles. The van der Waals surface area contributed by atoms with Crippen LogP contribution in [-0.4, -0.2) is 74.4 Å². The monoisotopic (exact) mass is 474 g/mol. The fraction of sp³-hybridized carbons (Fsp3) is 0.955. The van der Waals surface area contributed by atoms with Crippen molar-refractivity contribution in [1.82, 2.24) is 31.7 Å². The third kappa shape index (κ3) is 5.18. The SMILES string of the molecule is CN1CNNC1CC1(C2CCCC(NC(=O)C3CC(C4CC4)NC(C(F)(F)F)N3)C2)COC1. The molecule has 0 bridgehead atoms. The van der Waals surface area contributed by atoms with Crippen molar-refractivity contribution >= 4 is 5.91 Å². The number of rotatable bonds is 6. The molecule has 33 heavy (non-hydrogen) atoms. The van der Waals surface area contributed by atoms with Gasteiger partial charge < -0.3 is 10.1 Å². The van der Waals surface area contributed by atoms with E-state index in [0.29, 0.717) is 12.3 Å². The van der Waals surface area contributed by atoms with Gasteiger partial charge in [0.2, 0.25) is 5.91 Å². The Morgan fingerprint density at radius 1 is 1.15 bits per heavy atom. The van der Waals surface area contributed by atoms with Gasteiger partial charge in [-0.05, 0) is 63.8 Å². The van der Waals surface area contributed by atoms with Gasteiger partial charge in [-0.3, -0.25) is 20.3 Å². The second-order valence-corrected chi connectivity index (χ2v) is 10.9. The van der Waals surface area contributed by atoms with Crippen LogP contribution in [-0.2, 0) is 9.53 Å². The van der Waals surface area contributed by atoms with Gasteiger partial charge in [-0.15, -0.1) is 0 Å². The Morgan fingerprint density at radius 3 is 2.55 bits per heavy atom. The number of amides is 1. The van der Waals surface area contributed by atoms with Gasteiger partial charge in [0, 0.05) is 17.5 Å². The molecule has 0 aromatic carbocycles. The van der Waals surface area contributed by atoms with E-state index in [-0.39, 0.29) is 35.5 Å². The number of hydrogen-bond acceptors (Lipinski definition) is 7. The van der Waals surface area contributed by atoms with Crippen molar-refractivity contribution in [1.29, 1.82) is 0 Å². The lowest BCUT2D eigenvalue weighted by atomic mass is 9.64. The maximum atomic E-state index is 13.4. The van der Waals surface area contributed by atoms with E-state index in [1.54, 1.807) is 0 Å². The lowest BCUT2D eigenvalue weighted by Crippen LogP contribution is -2.67. The predicted octanol–water partition coefficient (Wildman–Crippen LogP) is 1.01. The number of nitrogens with zero attached hydrogens (tertiary/aromatic N) is 1. The maximum absolute atomic E-state index is 13.4. The third-order valence-corrected chi connectivity index (χ3v) is 8.47. The van der Waals surface area contributed by atoms with Crippen LogP contribution in [0.5, 0.6) is 0 Å². The molecule has 8 nitrogen and oxygen atoms in total. The van der Waals surface area contributed by atoms with Gasteiger partial charge in [-0.2, -0.15) is 13.2 Å². The Kier molecular flexibility index (Phi) is 6.65. The lowest BCUT2D eigenvalue weighted by Gasteiger charge is -2.51. The summed E-state index contributed by atoms with van der Waals surface area (Å²) in [5.41, 5.74) is 6.61. The molecule has 0 radical (unpaired) electrons. The lowest BCUT2D eigenvalue weighted by molar-refractivity contribution is -0.174. The number of carbonyl (C=O) groups excluding carboxylic acids is 1. The summed E-state index contributed by atoms with van der Waals surface area (Å²) in [5.74, 6) is 0.396. The average Bonchev–Trinajstić information content (AvgIpc) is 3.53. The van der Waals surface area contributed by atoms with Gasteiger partial charge in [0.15, 0.2) is 6.17 Å². The molecule has 188 valence electrons. The van der Waals surface area contributed by atoms with Crippen LogP contribution in [0.3, 0.4) is 0 Å². The highest BCUT2D eigenvalue weighted by Gasteiger charge is 2.51. The predicted molar refractivity (Wildman–Crippen MR) is 115 cm³/mol. The first-order chi connectivity index (χ1) is 15.7. The molecule has 1 amide bonds. The van der Waals surface area contributed by atoms with Crippen LogP contribution in [0.4, 0.5) is 13.2 Å². The topological polar surface area (TPSA) is 89.7 Å². The number of nitrogens with one attached hydrogen (secondary N) is 5. The fourth-order valence-electron chi connectivity index (χ4n) is 6.22. The summed E-state index contributed by atoms with van der Waals surface area (Å²) in [6.45, 7) is 2.27. The molecule has 6 unspecified atom stereocenters. The fourth-order valence-corrected chi connectivity index (χ4v) is 6.22. The highest BCUT2D eigenvalue weighted by Crippen LogP contribution is 2.47. The van der Waals surface area contributed by atoms with Gasteiger partial charge in [0.25, 0.3) is 0 Å². The second-order valence-electron chi connectivity index (χ2n) is 10.9. The minimum absolute atomic E-state index is 0.00140. The number of hydrogen-bond donors (Lipinski definition) is 5. The molecule has 0 aromatic rings. The minimum Gasteiger partial charge on any atom is -0.380 e. The number of halogens is 3. The summed E-state index contributed by atoms with van der Waals surface area (Å²) in [6.07, 6.45) is 1.11. The van der Waals surface area contributed by atoms with Crippen molar-refractivity contribution in [3.63, 3.8) is 0 Å². The Hall–Kier alpha value is -0.980. The first-order valence-electron chi connectivity index (χ1n) is 12.4. The van der Waals surface area contributed by atoms with Crippen LogP contribution in [0.25, 0.3) is 0 Å². The quantitative estimate of drug-likeness (QED) is 0.393. The molecule has 5 N–H and O–H groups in total. The van der Waals surface area contributed by atoms with Crippen molar-refractivity contribution < 1.29 is 22.7 Å². The number of carbonyl (C=O) groups is 1. The molecular weight excluding hydrogens is 437 g/mol. The summed E-state index contributed by atoms with van der Waals surface area (Å²) < 4.78 is 46.0. The van der Waals surface area contributed by atoms with Crippen molar-refractivity contribution in [3.05, 3.63) is 0 Å². The molecule has 6 atom stereocenters. The summed E-state index contributed by atoms with van der Waals surface area (Å²) in [6, 6.07) is -1.07. The summed E-state index contributed by atoms with van der Waals surface area (Å²) >= 11 is 0. The van der Waals surface area contributed by atoms with Crippen LogP contribution in [0.2, 0.25) is 0 Å². The second kappa shape index (κ2) is 9.23. The minimum atomic E-state index is -4.42. The van der Waals surface area contributed by atoms with E-state index in [0.717, 1.165) is 64.8 Å². The third-order valence-electron chi connectivity index (χ3n) is 8.47. The molecule has 3 aliphatic heterocycles. The summed E-state index contributed by atoms with van der Waals surface area (Å²) in [7, 11) is 2.09. The van der Waals surface area contributed by atoms with Crippen LogP contribution in [0.15, 0.2) is 0 Å². The van der Waals surface area contributed by atoms with Crippen molar-refractivity contribution in [3.8, 4) is 0 Å². The number of alkyl halides is 3. The van der Waals surface area contributed by atoms with Gasteiger partial charge >= 0.3 is 6.18 Å². The molecular formula is C22H37F3N6O2. The number of ether oxygens (including phenoxy) is 1. The van der Waals surface area contributed by atoms with Gasteiger partial charge in [0.05, 0.1) is 32.1 Å². The molecule has 2 aliphatic carbocycles. The molecule has 3 saturated heterocycles. The van der Waals surface area contributed by atoms with Crippen LogP contribution < -0.4 is 26.8 Å². The summed E-state index contributed by atoms with van der Waals surface area (Å²) in [5, 5.41) is 8.32. The molecule has 3 heterocycles.